The molecule has 1 saturated carbocycles. The van der Waals surface area contributed by atoms with E-state index in [2.05, 4.69) is 6.07 Å². The molecule has 1 atom stereocenters. The molecule has 0 radical (unpaired) electrons. The Morgan fingerprint density at radius 1 is 1.28 bits per heavy atom. The van der Waals surface area contributed by atoms with Crippen LogP contribution in [0.1, 0.15) is 43.8 Å². The Balaban J connectivity index is 2.34. The first-order chi connectivity index (χ1) is 8.57. The van der Waals surface area contributed by atoms with E-state index in [1.807, 2.05) is 0 Å². The van der Waals surface area contributed by atoms with Gasteiger partial charge in [-0.1, -0.05) is 30.9 Å². The van der Waals surface area contributed by atoms with Gasteiger partial charge in [-0.15, -0.1) is 0 Å². The lowest BCUT2D eigenvalue weighted by molar-refractivity contribution is 0.0358. The second kappa shape index (κ2) is 5.26. The van der Waals surface area contributed by atoms with Crippen molar-refractivity contribution in [1.29, 1.82) is 5.26 Å². The Morgan fingerprint density at radius 2 is 1.94 bits per heavy atom. The normalized spacial score (nSPS) is 20.1. The molecule has 0 amide bonds. The van der Waals surface area contributed by atoms with Crippen molar-refractivity contribution in [2.75, 3.05) is 0 Å². The summed E-state index contributed by atoms with van der Waals surface area (Å²) in [7, 11) is 0. The minimum Gasteiger partial charge on any atom is -0.387 e. The van der Waals surface area contributed by atoms with E-state index < -0.39 is 17.3 Å². The van der Waals surface area contributed by atoms with E-state index in [9.17, 15) is 14.8 Å². The van der Waals surface area contributed by atoms with Crippen molar-refractivity contribution < 1.29 is 9.50 Å². The molecule has 4 heteroatoms. The van der Waals surface area contributed by atoms with Gasteiger partial charge in [-0.25, -0.2) is 4.39 Å². The summed E-state index contributed by atoms with van der Waals surface area (Å²) in [5, 5.41) is 20.0. The van der Waals surface area contributed by atoms with Gasteiger partial charge in [0.1, 0.15) is 5.82 Å². The molecule has 1 aromatic carbocycles. The maximum absolute atomic E-state index is 13.3. The molecule has 1 aromatic rings. The lowest BCUT2D eigenvalue weighted by Gasteiger charge is -2.35. The standard InChI is InChI=1S/C14H15ClFNO/c15-11-6-10(7-12(16)8-11)13(18)14(9-17)4-2-1-3-5-14/h6-8,13,18H,1-5H2. The van der Waals surface area contributed by atoms with E-state index in [4.69, 9.17) is 11.6 Å². The molecule has 0 spiro atoms. The minimum atomic E-state index is -0.976. The monoisotopic (exact) mass is 267 g/mol. The van der Waals surface area contributed by atoms with Crippen LogP contribution in [0.3, 0.4) is 0 Å². The number of nitriles is 1. The van der Waals surface area contributed by atoms with Gasteiger partial charge in [-0.05, 0) is 36.6 Å². The van der Waals surface area contributed by atoms with E-state index in [0.717, 1.165) is 19.3 Å². The average molecular weight is 268 g/mol. The van der Waals surface area contributed by atoms with Crippen molar-refractivity contribution in [3.05, 3.63) is 34.6 Å². The van der Waals surface area contributed by atoms with Gasteiger partial charge in [0.15, 0.2) is 0 Å². The fourth-order valence-corrected chi connectivity index (χ4v) is 2.91. The first-order valence-corrected chi connectivity index (χ1v) is 6.50. The van der Waals surface area contributed by atoms with Crippen LogP contribution in [-0.4, -0.2) is 5.11 Å². The molecule has 18 heavy (non-hydrogen) atoms. The van der Waals surface area contributed by atoms with Crippen LogP contribution in [0.25, 0.3) is 0 Å². The van der Waals surface area contributed by atoms with Crippen LogP contribution >= 0.6 is 11.6 Å². The molecule has 1 aliphatic rings. The van der Waals surface area contributed by atoms with Crippen LogP contribution in [-0.2, 0) is 0 Å². The highest BCUT2D eigenvalue weighted by Gasteiger charge is 2.40. The number of nitrogens with zero attached hydrogens (tertiary/aromatic N) is 1. The third-order valence-corrected chi connectivity index (χ3v) is 3.91. The van der Waals surface area contributed by atoms with Gasteiger partial charge in [-0.3, -0.25) is 0 Å². The SMILES string of the molecule is N#CC1(C(O)c2cc(F)cc(Cl)c2)CCCCC1. The molecule has 2 nitrogen and oxygen atoms in total. The van der Waals surface area contributed by atoms with Crippen molar-refractivity contribution in [3.63, 3.8) is 0 Å². The second-order valence-corrected chi connectivity index (χ2v) is 5.37. The molecular weight excluding hydrogens is 253 g/mol. The largest absolute Gasteiger partial charge is 0.387 e. The maximum Gasteiger partial charge on any atom is 0.125 e. The smallest absolute Gasteiger partial charge is 0.125 e. The number of benzene rings is 1. The van der Waals surface area contributed by atoms with E-state index >= 15 is 0 Å². The number of aliphatic hydroxyl groups excluding tert-OH is 1. The Bertz CT molecular complexity index is 457. The van der Waals surface area contributed by atoms with Gasteiger partial charge >= 0.3 is 0 Å². The molecule has 1 aliphatic carbocycles. The van der Waals surface area contributed by atoms with Gasteiger partial charge in [0.2, 0.25) is 0 Å². The molecule has 96 valence electrons. The summed E-state index contributed by atoms with van der Waals surface area (Å²) in [6.07, 6.45) is 3.26. The van der Waals surface area contributed by atoms with Gasteiger partial charge in [0.05, 0.1) is 17.6 Å². The molecule has 0 aromatic heterocycles. The Hall–Kier alpha value is -1.11. The third-order valence-electron chi connectivity index (χ3n) is 3.69. The summed E-state index contributed by atoms with van der Waals surface area (Å²) >= 11 is 5.79. The number of aliphatic hydroxyl groups is 1. The van der Waals surface area contributed by atoms with Crippen molar-refractivity contribution in [2.45, 2.75) is 38.2 Å². The lowest BCUT2D eigenvalue weighted by Crippen LogP contribution is -2.30. The molecule has 2 rings (SSSR count). The molecule has 1 fully saturated rings. The Kier molecular flexibility index (Phi) is 3.89. The maximum atomic E-state index is 13.3. The summed E-state index contributed by atoms with van der Waals surface area (Å²) in [5.41, 5.74) is -0.404. The summed E-state index contributed by atoms with van der Waals surface area (Å²) in [4.78, 5) is 0. The van der Waals surface area contributed by atoms with E-state index in [0.29, 0.717) is 18.4 Å². The molecule has 0 saturated heterocycles. The zero-order chi connectivity index (χ0) is 13.2. The minimum absolute atomic E-state index is 0.243. The first kappa shape index (κ1) is 13.3. The summed E-state index contributed by atoms with van der Waals surface area (Å²) in [6.45, 7) is 0. The molecule has 0 bridgehead atoms. The molecule has 0 aliphatic heterocycles. The predicted octanol–water partition coefficient (Wildman–Crippen LogP) is 3.99. The van der Waals surface area contributed by atoms with Crippen LogP contribution in [0.5, 0.6) is 0 Å². The second-order valence-electron chi connectivity index (χ2n) is 4.93. The highest BCUT2D eigenvalue weighted by molar-refractivity contribution is 6.30. The molecule has 1 N–H and O–H groups in total. The van der Waals surface area contributed by atoms with Crippen molar-refractivity contribution in [1.82, 2.24) is 0 Å². The number of halogens is 2. The zero-order valence-corrected chi connectivity index (χ0v) is 10.8. The van der Waals surface area contributed by atoms with Gasteiger partial charge in [0, 0.05) is 5.02 Å². The fraction of sp³-hybridized carbons (Fsp3) is 0.500. The highest BCUT2D eigenvalue weighted by atomic mass is 35.5. The van der Waals surface area contributed by atoms with Crippen LogP contribution in [0.2, 0.25) is 5.02 Å². The van der Waals surface area contributed by atoms with Crippen molar-refractivity contribution in [3.8, 4) is 6.07 Å². The van der Waals surface area contributed by atoms with Gasteiger partial charge in [-0.2, -0.15) is 5.26 Å². The van der Waals surface area contributed by atoms with Gasteiger partial charge in [0.25, 0.3) is 0 Å². The summed E-state index contributed by atoms with van der Waals surface area (Å²) < 4.78 is 13.3. The molecular formula is C14H15ClFNO. The van der Waals surface area contributed by atoms with Crippen LogP contribution in [0, 0.1) is 22.6 Å². The van der Waals surface area contributed by atoms with Crippen molar-refractivity contribution >= 4 is 11.6 Å². The summed E-state index contributed by atoms with van der Waals surface area (Å²) in [5.74, 6) is -0.486. The Morgan fingerprint density at radius 3 is 2.50 bits per heavy atom. The number of hydrogen-bond donors (Lipinski definition) is 1. The fourth-order valence-electron chi connectivity index (χ4n) is 2.68. The van der Waals surface area contributed by atoms with Gasteiger partial charge < -0.3 is 5.11 Å². The predicted molar refractivity (Wildman–Crippen MR) is 67.5 cm³/mol. The highest BCUT2D eigenvalue weighted by Crippen LogP contribution is 2.45. The van der Waals surface area contributed by atoms with E-state index in [1.165, 1.54) is 18.2 Å². The van der Waals surface area contributed by atoms with Crippen LogP contribution in [0.15, 0.2) is 18.2 Å². The number of rotatable bonds is 2. The molecule has 1 unspecified atom stereocenters. The number of hydrogen-bond acceptors (Lipinski definition) is 2. The molecule has 0 heterocycles. The zero-order valence-electron chi connectivity index (χ0n) is 10.00. The first-order valence-electron chi connectivity index (χ1n) is 6.13. The average Bonchev–Trinajstić information content (AvgIpc) is 2.37. The Labute approximate surface area is 111 Å². The lowest BCUT2D eigenvalue weighted by atomic mass is 9.69. The van der Waals surface area contributed by atoms with E-state index in [-0.39, 0.29) is 5.02 Å². The quantitative estimate of drug-likeness (QED) is 0.881. The van der Waals surface area contributed by atoms with Crippen molar-refractivity contribution in [2.24, 2.45) is 5.41 Å². The summed E-state index contributed by atoms with van der Waals surface area (Å²) in [6, 6.07) is 6.22. The third kappa shape index (κ3) is 2.50. The van der Waals surface area contributed by atoms with Crippen LogP contribution < -0.4 is 0 Å². The van der Waals surface area contributed by atoms with Crippen LogP contribution in [0.4, 0.5) is 4.39 Å². The topological polar surface area (TPSA) is 44.0 Å². The van der Waals surface area contributed by atoms with E-state index in [1.54, 1.807) is 0 Å².